The summed E-state index contributed by atoms with van der Waals surface area (Å²) in [6.07, 6.45) is 3.49. The van der Waals surface area contributed by atoms with Gasteiger partial charge in [-0.25, -0.2) is 0 Å². The van der Waals surface area contributed by atoms with Crippen LogP contribution in [0.5, 0.6) is 0 Å². The van der Waals surface area contributed by atoms with Crippen LogP contribution in [0.2, 0.25) is 5.02 Å². The van der Waals surface area contributed by atoms with E-state index in [2.05, 4.69) is 34.6 Å². The molecule has 0 spiro atoms. The first-order valence-corrected chi connectivity index (χ1v) is 10.2. The zero-order valence-electron chi connectivity index (χ0n) is 15.8. The highest BCUT2D eigenvalue weighted by Gasteiger charge is 2.44. The zero-order chi connectivity index (χ0) is 18.2. The molecule has 0 radical (unpaired) electrons. The lowest BCUT2D eigenvalue weighted by Gasteiger charge is -2.26. The minimum Gasteiger partial charge on any atom is -0.379 e. The van der Waals surface area contributed by atoms with Crippen molar-refractivity contribution in [2.24, 2.45) is 4.99 Å². The smallest absolute Gasteiger partial charge is 0.191 e. The van der Waals surface area contributed by atoms with E-state index in [1.54, 1.807) is 0 Å². The fourth-order valence-corrected chi connectivity index (χ4v) is 3.60. The Kier molecular flexibility index (Phi) is 7.17. The molecule has 3 rings (SSSR count). The fourth-order valence-electron chi connectivity index (χ4n) is 3.41. The Labute approximate surface area is 162 Å². The van der Waals surface area contributed by atoms with E-state index in [9.17, 15) is 0 Å². The molecule has 1 aromatic carbocycles. The topological polar surface area (TPSA) is 48.9 Å². The molecule has 0 amide bonds. The van der Waals surface area contributed by atoms with E-state index in [0.717, 1.165) is 69.9 Å². The maximum atomic E-state index is 6.17. The van der Waals surface area contributed by atoms with Gasteiger partial charge in [0.2, 0.25) is 0 Å². The minimum atomic E-state index is 0.182. The van der Waals surface area contributed by atoms with Gasteiger partial charge in [0.1, 0.15) is 0 Å². The molecule has 1 aliphatic heterocycles. The van der Waals surface area contributed by atoms with Gasteiger partial charge in [0.15, 0.2) is 5.96 Å². The number of guanidine groups is 1. The number of ether oxygens (including phenoxy) is 1. The van der Waals surface area contributed by atoms with Gasteiger partial charge in [-0.15, -0.1) is 0 Å². The van der Waals surface area contributed by atoms with Crippen LogP contribution in [0, 0.1) is 0 Å². The number of nitrogens with one attached hydrogen (secondary N) is 2. The summed E-state index contributed by atoms with van der Waals surface area (Å²) in [5.41, 5.74) is 1.50. The molecule has 0 bridgehead atoms. The fraction of sp³-hybridized carbons (Fsp3) is 0.650. The van der Waals surface area contributed by atoms with Crippen LogP contribution in [0.4, 0.5) is 0 Å². The first kappa shape index (κ1) is 19.5. The zero-order valence-corrected chi connectivity index (χ0v) is 16.5. The van der Waals surface area contributed by atoms with Crippen LogP contribution in [0.25, 0.3) is 0 Å². The monoisotopic (exact) mass is 378 g/mol. The van der Waals surface area contributed by atoms with Gasteiger partial charge in [0, 0.05) is 36.6 Å². The van der Waals surface area contributed by atoms with Crippen LogP contribution in [0.15, 0.2) is 29.3 Å². The first-order valence-electron chi connectivity index (χ1n) is 9.80. The van der Waals surface area contributed by atoms with E-state index in [-0.39, 0.29) is 5.41 Å². The molecule has 6 heteroatoms. The van der Waals surface area contributed by atoms with Crippen LogP contribution in [-0.4, -0.2) is 63.3 Å². The van der Waals surface area contributed by atoms with E-state index < -0.39 is 0 Å². The van der Waals surface area contributed by atoms with Crippen molar-refractivity contribution >= 4 is 17.6 Å². The van der Waals surface area contributed by atoms with Crippen molar-refractivity contribution in [2.45, 2.75) is 31.6 Å². The van der Waals surface area contributed by atoms with Crippen molar-refractivity contribution in [1.82, 2.24) is 15.5 Å². The Morgan fingerprint density at radius 3 is 2.77 bits per heavy atom. The summed E-state index contributed by atoms with van der Waals surface area (Å²) >= 11 is 6.17. The van der Waals surface area contributed by atoms with Gasteiger partial charge in [0.25, 0.3) is 0 Å². The molecule has 0 atom stereocenters. The Bertz CT molecular complexity index is 597. The minimum absolute atomic E-state index is 0.182. The highest BCUT2D eigenvalue weighted by Crippen LogP contribution is 2.48. The van der Waals surface area contributed by atoms with Gasteiger partial charge in [-0.05, 0) is 50.4 Å². The van der Waals surface area contributed by atoms with Crippen molar-refractivity contribution < 1.29 is 4.74 Å². The summed E-state index contributed by atoms with van der Waals surface area (Å²) in [6.45, 7) is 9.68. The number of nitrogens with zero attached hydrogens (tertiary/aromatic N) is 2. The second-order valence-corrected chi connectivity index (χ2v) is 7.66. The van der Waals surface area contributed by atoms with Crippen molar-refractivity contribution in [1.29, 1.82) is 0 Å². The van der Waals surface area contributed by atoms with Crippen LogP contribution >= 0.6 is 11.6 Å². The Balaban J connectivity index is 1.47. The molecule has 1 aromatic rings. The third kappa shape index (κ3) is 5.60. The molecule has 2 aliphatic rings. The summed E-state index contributed by atoms with van der Waals surface area (Å²) < 4.78 is 5.40. The average molecular weight is 379 g/mol. The Hall–Kier alpha value is -1.30. The van der Waals surface area contributed by atoms with Crippen LogP contribution in [0.1, 0.15) is 31.7 Å². The lowest BCUT2D eigenvalue weighted by molar-refractivity contribution is 0.0376. The maximum absolute atomic E-state index is 6.17. The normalized spacial score (nSPS) is 20.0. The Morgan fingerprint density at radius 1 is 1.27 bits per heavy atom. The second-order valence-electron chi connectivity index (χ2n) is 7.22. The Morgan fingerprint density at radius 2 is 2.08 bits per heavy atom. The van der Waals surface area contributed by atoms with Crippen LogP contribution in [0.3, 0.4) is 0 Å². The molecule has 2 fully saturated rings. The molecule has 5 nitrogen and oxygen atoms in total. The molecule has 1 saturated heterocycles. The van der Waals surface area contributed by atoms with E-state index in [4.69, 9.17) is 21.3 Å². The molecule has 1 heterocycles. The number of hydrogen-bond donors (Lipinski definition) is 2. The number of hydrogen-bond acceptors (Lipinski definition) is 3. The SMILES string of the molecule is CCNC(=NCC1(c2cccc(Cl)c2)CC1)NCCCN1CCOCC1. The van der Waals surface area contributed by atoms with Crippen LogP contribution in [-0.2, 0) is 10.2 Å². The second kappa shape index (κ2) is 9.58. The van der Waals surface area contributed by atoms with E-state index in [0.29, 0.717) is 0 Å². The van der Waals surface area contributed by atoms with Gasteiger partial charge >= 0.3 is 0 Å². The molecule has 0 unspecified atom stereocenters. The number of benzene rings is 1. The quantitative estimate of drug-likeness (QED) is 0.415. The molecule has 2 N–H and O–H groups in total. The van der Waals surface area contributed by atoms with Crippen LogP contribution < -0.4 is 10.6 Å². The standard InChI is InChI=1S/C20H31ClN4O/c1-2-22-19(23-9-4-10-25-11-13-26-14-12-25)24-16-20(7-8-20)17-5-3-6-18(21)15-17/h3,5-6,15H,2,4,7-14,16H2,1H3,(H2,22,23,24). The average Bonchev–Trinajstić information content (AvgIpc) is 3.45. The molecular formula is C20H31ClN4O. The molecule has 0 aromatic heterocycles. The molecule has 1 saturated carbocycles. The van der Waals surface area contributed by atoms with Crippen molar-refractivity contribution in [3.63, 3.8) is 0 Å². The van der Waals surface area contributed by atoms with E-state index in [1.807, 2.05) is 12.1 Å². The lowest BCUT2D eigenvalue weighted by atomic mass is 9.96. The van der Waals surface area contributed by atoms with Gasteiger partial charge in [-0.2, -0.15) is 0 Å². The molecule has 1 aliphatic carbocycles. The third-order valence-corrected chi connectivity index (χ3v) is 5.46. The summed E-state index contributed by atoms with van der Waals surface area (Å²) in [4.78, 5) is 7.32. The van der Waals surface area contributed by atoms with Gasteiger partial charge in [0.05, 0.1) is 19.8 Å². The van der Waals surface area contributed by atoms with Gasteiger partial charge < -0.3 is 15.4 Å². The third-order valence-electron chi connectivity index (χ3n) is 5.22. The number of halogens is 1. The highest BCUT2D eigenvalue weighted by molar-refractivity contribution is 6.30. The molecule has 26 heavy (non-hydrogen) atoms. The van der Waals surface area contributed by atoms with Gasteiger partial charge in [-0.3, -0.25) is 9.89 Å². The maximum Gasteiger partial charge on any atom is 0.191 e. The van der Waals surface area contributed by atoms with Crippen molar-refractivity contribution in [3.05, 3.63) is 34.9 Å². The van der Waals surface area contributed by atoms with E-state index in [1.165, 1.54) is 18.4 Å². The number of rotatable bonds is 8. The summed E-state index contributed by atoms with van der Waals surface area (Å²) in [6, 6.07) is 8.24. The highest BCUT2D eigenvalue weighted by atomic mass is 35.5. The lowest BCUT2D eigenvalue weighted by Crippen LogP contribution is -2.41. The van der Waals surface area contributed by atoms with Crippen molar-refractivity contribution in [3.8, 4) is 0 Å². The summed E-state index contributed by atoms with van der Waals surface area (Å²) in [5, 5.41) is 7.65. The van der Waals surface area contributed by atoms with Crippen molar-refractivity contribution in [2.75, 3.05) is 52.5 Å². The molecular weight excluding hydrogens is 348 g/mol. The predicted octanol–water partition coefficient (Wildman–Crippen LogP) is 2.65. The number of morpholine rings is 1. The molecule has 144 valence electrons. The predicted molar refractivity (Wildman–Crippen MR) is 108 cm³/mol. The summed E-state index contributed by atoms with van der Waals surface area (Å²) in [7, 11) is 0. The largest absolute Gasteiger partial charge is 0.379 e. The van der Waals surface area contributed by atoms with Gasteiger partial charge in [-0.1, -0.05) is 23.7 Å². The summed E-state index contributed by atoms with van der Waals surface area (Å²) in [5.74, 6) is 0.919. The van der Waals surface area contributed by atoms with E-state index >= 15 is 0 Å². The number of aliphatic imine (C=N–C) groups is 1. The first-order chi connectivity index (χ1) is 12.7.